The lowest BCUT2D eigenvalue weighted by atomic mass is 10.1. The number of nitrogens with zero attached hydrogens (tertiary/aromatic N) is 4. The number of aromatic nitrogens is 3. The Kier molecular flexibility index (Phi) is 5.68. The number of hydrogen-bond acceptors (Lipinski definition) is 3. The zero-order valence-corrected chi connectivity index (χ0v) is 18.9. The number of alkyl halides is 1. The fourth-order valence-electron chi connectivity index (χ4n) is 4.16. The van der Waals surface area contributed by atoms with Gasteiger partial charge in [0.2, 0.25) is 5.91 Å². The second kappa shape index (κ2) is 8.65. The van der Waals surface area contributed by atoms with Crippen LogP contribution in [-0.2, 0) is 11.3 Å². The minimum Gasteiger partial charge on any atom is -0.338 e. The maximum absolute atomic E-state index is 13.6. The van der Waals surface area contributed by atoms with Crippen LogP contribution in [0.15, 0.2) is 65.8 Å². The number of fused-ring (bicyclic) bond motifs is 1. The summed E-state index contributed by atoms with van der Waals surface area (Å²) in [6.45, 7) is 0.277. The quantitative estimate of drug-likeness (QED) is 0.420. The first-order valence-electron chi connectivity index (χ1n) is 10.5. The van der Waals surface area contributed by atoms with Crippen molar-refractivity contribution in [2.24, 2.45) is 0 Å². The van der Waals surface area contributed by atoms with Gasteiger partial charge in [0, 0.05) is 30.7 Å². The van der Waals surface area contributed by atoms with E-state index in [2.05, 4.69) is 4.98 Å². The molecule has 168 valence electrons. The lowest BCUT2D eigenvalue weighted by molar-refractivity contribution is -0.131. The van der Waals surface area contributed by atoms with Crippen molar-refractivity contribution in [1.29, 1.82) is 0 Å². The van der Waals surface area contributed by atoms with Crippen molar-refractivity contribution in [3.8, 4) is 16.9 Å². The van der Waals surface area contributed by atoms with Gasteiger partial charge in [0.25, 0.3) is 5.56 Å². The Morgan fingerprint density at radius 1 is 1.15 bits per heavy atom. The van der Waals surface area contributed by atoms with Gasteiger partial charge in [-0.15, -0.1) is 0 Å². The minimum absolute atomic E-state index is 0.0698. The van der Waals surface area contributed by atoms with Crippen molar-refractivity contribution >= 4 is 40.0 Å². The highest BCUT2D eigenvalue weighted by Crippen LogP contribution is 2.34. The van der Waals surface area contributed by atoms with Gasteiger partial charge in [-0.3, -0.25) is 9.59 Å². The number of carbonyl (C=O) groups excluding carboxylic acids is 1. The Labute approximate surface area is 198 Å². The largest absolute Gasteiger partial charge is 0.338 e. The highest BCUT2D eigenvalue weighted by Gasteiger charge is 2.26. The average molecular weight is 485 g/mol. The smallest absolute Gasteiger partial charge is 0.261 e. The molecule has 9 heteroatoms. The molecule has 0 aliphatic carbocycles. The molecule has 4 heterocycles. The highest BCUT2D eigenvalue weighted by molar-refractivity contribution is 6.42. The Hall–Kier alpha value is -3.16. The molecule has 3 aromatic heterocycles. The summed E-state index contributed by atoms with van der Waals surface area (Å²) in [6.07, 6.45) is 4.40. The van der Waals surface area contributed by atoms with E-state index in [0.717, 1.165) is 0 Å². The fraction of sp³-hybridized carbons (Fsp3) is 0.208. The van der Waals surface area contributed by atoms with Gasteiger partial charge in [0.1, 0.15) is 18.5 Å². The van der Waals surface area contributed by atoms with Crippen molar-refractivity contribution in [2.75, 3.05) is 13.1 Å². The lowest BCUT2D eigenvalue weighted by Crippen LogP contribution is -2.35. The van der Waals surface area contributed by atoms with Gasteiger partial charge < -0.3 is 14.0 Å². The first-order chi connectivity index (χ1) is 15.9. The third-order valence-corrected chi connectivity index (χ3v) is 6.59. The molecule has 0 N–H and O–H groups in total. The summed E-state index contributed by atoms with van der Waals surface area (Å²) in [6, 6.07) is 12.5. The Morgan fingerprint density at radius 3 is 2.70 bits per heavy atom. The first kappa shape index (κ1) is 21.7. The maximum atomic E-state index is 13.6. The number of hydrogen-bond donors (Lipinski definition) is 0. The van der Waals surface area contributed by atoms with Crippen LogP contribution in [0.25, 0.3) is 27.8 Å². The number of carbonyl (C=O) groups is 1. The normalized spacial score (nSPS) is 16.0. The maximum Gasteiger partial charge on any atom is 0.261 e. The van der Waals surface area contributed by atoms with Gasteiger partial charge in [0.05, 0.1) is 27.5 Å². The van der Waals surface area contributed by atoms with Crippen LogP contribution in [0.2, 0.25) is 10.0 Å². The van der Waals surface area contributed by atoms with E-state index in [4.69, 9.17) is 23.2 Å². The highest BCUT2D eigenvalue weighted by atomic mass is 35.5. The predicted molar refractivity (Wildman–Crippen MR) is 127 cm³/mol. The first-order valence-corrected chi connectivity index (χ1v) is 11.2. The van der Waals surface area contributed by atoms with Crippen molar-refractivity contribution < 1.29 is 9.18 Å². The van der Waals surface area contributed by atoms with Crippen LogP contribution >= 0.6 is 23.2 Å². The molecule has 1 aromatic carbocycles. The number of rotatable bonds is 4. The third kappa shape index (κ3) is 4.03. The van der Waals surface area contributed by atoms with Crippen LogP contribution in [-0.4, -0.2) is 44.2 Å². The number of likely N-dealkylation sites (tertiary alicyclic amines) is 1. The van der Waals surface area contributed by atoms with Crippen LogP contribution in [0.4, 0.5) is 4.39 Å². The van der Waals surface area contributed by atoms with E-state index in [0.29, 0.717) is 50.9 Å². The zero-order chi connectivity index (χ0) is 23.1. The summed E-state index contributed by atoms with van der Waals surface area (Å²) in [5.74, 6) is 0.366. The SMILES string of the molecule is O=C(Cn1ccc2c(c(-c3ccc(Cl)c(Cl)c3)cn2-c2ccccn2)c1=O)N1CCC(F)C1. The molecule has 1 fully saturated rings. The molecule has 0 radical (unpaired) electrons. The number of benzene rings is 1. The molecule has 1 unspecified atom stereocenters. The zero-order valence-electron chi connectivity index (χ0n) is 17.4. The molecular weight excluding hydrogens is 466 g/mol. The summed E-state index contributed by atoms with van der Waals surface area (Å²) in [5.41, 5.74) is 1.68. The van der Waals surface area contributed by atoms with E-state index < -0.39 is 6.17 Å². The number of pyridine rings is 2. The predicted octanol–water partition coefficient (Wildman–Crippen LogP) is 4.73. The summed E-state index contributed by atoms with van der Waals surface area (Å²) in [7, 11) is 0. The molecule has 6 nitrogen and oxygen atoms in total. The Balaban J connectivity index is 1.66. The van der Waals surface area contributed by atoms with E-state index >= 15 is 0 Å². The molecule has 1 amide bonds. The van der Waals surface area contributed by atoms with Crippen molar-refractivity contribution in [3.05, 3.63) is 81.5 Å². The standard InChI is InChI=1S/C24H19Cl2FN4O2/c25-18-5-4-15(11-19(18)26)17-13-31(21-3-1-2-8-28-21)20-7-10-30(24(33)23(17)20)14-22(32)29-9-6-16(27)12-29/h1-5,7-8,10-11,13,16H,6,9,12,14H2. The molecule has 0 spiro atoms. The Morgan fingerprint density at radius 2 is 2.00 bits per heavy atom. The molecule has 1 saturated heterocycles. The second-order valence-electron chi connectivity index (χ2n) is 7.96. The summed E-state index contributed by atoms with van der Waals surface area (Å²) < 4.78 is 16.7. The molecule has 1 atom stereocenters. The molecule has 33 heavy (non-hydrogen) atoms. The van der Waals surface area contributed by atoms with Crippen molar-refractivity contribution in [1.82, 2.24) is 19.0 Å². The monoisotopic (exact) mass is 484 g/mol. The molecule has 4 aromatic rings. The van der Waals surface area contributed by atoms with Crippen LogP contribution in [0, 0.1) is 0 Å². The minimum atomic E-state index is -1.01. The average Bonchev–Trinajstić information content (AvgIpc) is 3.42. The topological polar surface area (TPSA) is 60.1 Å². The summed E-state index contributed by atoms with van der Waals surface area (Å²) >= 11 is 12.3. The van der Waals surface area contributed by atoms with E-state index in [1.54, 1.807) is 36.7 Å². The summed E-state index contributed by atoms with van der Waals surface area (Å²) in [5, 5.41) is 1.21. The number of amides is 1. The molecule has 1 aliphatic heterocycles. The summed E-state index contributed by atoms with van der Waals surface area (Å²) in [4.78, 5) is 32.1. The van der Waals surface area contributed by atoms with Crippen molar-refractivity contribution in [2.45, 2.75) is 19.1 Å². The van der Waals surface area contributed by atoms with E-state index in [1.165, 1.54) is 9.47 Å². The Bertz CT molecular complexity index is 1420. The fourth-order valence-corrected chi connectivity index (χ4v) is 4.46. The lowest BCUT2D eigenvalue weighted by Gasteiger charge is -2.16. The van der Waals surface area contributed by atoms with Gasteiger partial charge in [-0.2, -0.15) is 0 Å². The molecule has 0 bridgehead atoms. The second-order valence-corrected chi connectivity index (χ2v) is 8.78. The molecule has 0 saturated carbocycles. The molecule has 5 rings (SSSR count). The van der Waals surface area contributed by atoms with E-state index in [1.807, 2.05) is 29.0 Å². The van der Waals surface area contributed by atoms with Gasteiger partial charge in [-0.1, -0.05) is 35.3 Å². The molecule has 1 aliphatic rings. The van der Waals surface area contributed by atoms with Crippen LogP contribution in [0.3, 0.4) is 0 Å². The number of halogens is 3. The van der Waals surface area contributed by atoms with E-state index in [9.17, 15) is 14.0 Å². The van der Waals surface area contributed by atoms with Gasteiger partial charge in [0.15, 0.2) is 0 Å². The van der Waals surface area contributed by atoms with Crippen LogP contribution < -0.4 is 5.56 Å². The van der Waals surface area contributed by atoms with Crippen LogP contribution in [0.1, 0.15) is 6.42 Å². The van der Waals surface area contributed by atoms with Crippen molar-refractivity contribution in [3.63, 3.8) is 0 Å². The van der Waals surface area contributed by atoms with Gasteiger partial charge >= 0.3 is 0 Å². The third-order valence-electron chi connectivity index (χ3n) is 5.85. The van der Waals surface area contributed by atoms with E-state index in [-0.39, 0.29) is 24.6 Å². The van der Waals surface area contributed by atoms with Gasteiger partial charge in [-0.25, -0.2) is 9.37 Å². The van der Waals surface area contributed by atoms with Crippen LogP contribution in [0.5, 0.6) is 0 Å². The molecular formula is C24H19Cl2FN4O2. The van der Waals surface area contributed by atoms with Gasteiger partial charge in [-0.05, 0) is 42.3 Å².